The molecule has 0 aliphatic carbocycles. The summed E-state index contributed by atoms with van der Waals surface area (Å²) >= 11 is 2.92. The van der Waals surface area contributed by atoms with E-state index in [2.05, 4.69) is 15.3 Å². The van der Waals surface area contributed by atoms with Gasteiger partial charge in [-0.2, -0.15) is 0 Å². The first-order valence-corrected chi connectivity index (χ1v) is 7.96. The minimum atomic E-state index is -0.109. The van der Waals surface area contributed by atoms with Crippen LogP contribution in [0.5, 0.6) is 0 Å². The van der Waals surface area contributed by atoms with E-state index in [1.807, 2.05) is 29.6 Å². The summed E-state index contributed by atoms with van der Waals surface area (Å²) in [5.41, 5.74) is 8.02. The highest BCUT2D eigenvalue weighted by Crippen LogP contribution is 2.23. The Labute approximate surface area is 129 Å². The third-order valence-electron chi connectivity index (χ3n) is 2.76. The summed E-state index contributed by atoms with van der Waals surface area (Å²) < 4.78 is 0. The smallest absolute Gasteiger partial charge is 0.230 e. The number of nitrogens with zero attached hydrogens (tertiary/aromatic N) is 2. The van der Waals surface area contributed by atoms with Gasteiger partial charge in [0.05, 0.1) is 12.1 Å². The van der Waals surface area contributed by atoms with Crippen LogP contribution in [-0.2, 0) is 11.2 Å². The summed E-state index contributed by atoms with van der Waals surface area (Å²) in [6.45, 7) is 0. The molecule has 3 N–H and O–H groups in total. The molecule has 0 radical (unpaired) electrons. The molecule has 2 heterocycles. The van der Waals surface area contributed by atoms with Crippen molar-refractivity contribution in [2.45, 2.75) is 6.42 Å². The van der Waals surface area contributed by atoms with Crippen molar-refractivity contribution in [2.24, 2.45) is 0 Å². The van der Waals surface area contributed by atoms with Crippen LogP contribution in [0.2, 0.25) is 0 Å². The number of nitrogens with two attached hydrogens (primary N) is 1. The zero-order valence-corrected chi connectivity index (χ0v) is 12.6. The summed E-state index contributed by atoms with van der Waals surface area (Å²) in [7, 11) is 0. The van der Waals surface area contributed by atoms with Gasteiger partial charge in [-0.25, -0.2) is 9.97 Å². The quantitative estimate of drug-likeness (QED) is 0.775. The van der Waals surface area contributed by atoms with Crippen LogP contribution in [0.3, 0.4) is 0 Å². The Morgan fingerprint density at radius 2 is 2.05 bits per heavy atom. The molecular weight excluding hydrogens is 304 g/mol. The summed E-state index contributed by atoms with van der Waals surface area (Å²) in [5, 5.41) is 8.01. The first kappa shape index (κ1) is 13.7. The van der Waals surface area contributed by atoms with Crippen molar-refractivity contribution in [3.63, 3.8) is 0 Å². The molecule has 0 saturated heterocycles. The van der Waals surface area contributed by atoms with Crippen LogP contribution in [0.1, 0.15) is 5.69 Å². The predicted molar refractivity (Wildman–Crippen MR) is 86.4 cm³/mol. The average molecular weight is 316 g/mol. The fourth-order valence-electron chi connectivity index (χ4n) is 1.84. The Bertz CT molecular complexity index is 735. The zero-order chi connectivity index (χ0) is 14.7. The van der Waals surface area contributed by atoms with Gasteiger partial charge in [-0.15, -0.1) is 22.7 Å². The molecule has 1 aromatic carbocycles. The zero-order valence-electron chi connectivity index (χ0n) is 10.9. The molecule has 3 rings (SSSR count). The van der Waals surface area contributed by atoms with E-state index >= 15 is 0 Å². The summed E-state index contributed by atoms with van der Waals surface area (Å²) in [6, 6.07) is 7.61. The van der Waals surface area contributed by atoms with Gasteiger partial charge in [-0.05, 0) is 24.3 Å². The number of carbonyl (C=O) groups is 1. The number of hydrogen-bond acceptors (Lipinski definition) is 6. The number of aromatic nitrogens is 2. The monoisotopic (exact) mass is 316 g/mol. The SMILES string of the molecule is Nc1nc(CC(=O)Nc2ccc(-c3nccs3)cc2)cs1. The van der Waals surface area contributed by atoms with Gasteiger partial charge in [-0.3, -0.25) is 4.79 Å². The van der Waals surface area contributed by atoms with Crippen molar-refractivity contribution in [3.05, 3.63) is 46.9 Å². The molecule has 0 saturated carbocycles. The second-order valence-corrected chi connectivity index (χ2v) is 6.10. The maximum Gasteiger partial charge on any atom is 0.230 e. The van der Waals surface area contributed by atoms with Crippen LogP contribution in [-0.4, -0.2) is 15.9 Å². The van der Waals surface area contributed by atoms with Crippen LogP contribution in [0, 0.1) is 0 Å². The molecule has 5 nitrogen and oxygen atoms in total. The van der Waals surface area contributed by atoms with E-state index in [9.17, 15) is 4.79 Å². The van der Waals surface area contributed by atoms with Crippen molar-refractivity contribution < 1.29 is 4.79 Å². The highest BCUT2D eigenvalue weighted by Gasteiger charge is 2.07. The number of nitrogen functional groups attached to an aromatic ring is 1. The van der Waals surface area contributed by atoms with Crippen LogP contribution in [0.25, 0.3) is 10.6 Å². The largest absolute Gasteiger partial charge is 0.375 e. The Balaban J connectivity index is 1.63. The fourth-order valence-corrected chi connectivity index (χ4v) is 3.04. The average Bonchev–Trinajstić information content (AvgIpc) is 3.11. The molecule has 21 heavy (non-hydrogen) atoms. The van der Waals surface area contributed by atoms with E-state index in [-0.39, 0.29) is 12.3 Å². The maximum atomic E-state index is 11.9. The van der Waals surface area contributed by atoms with Crippen molar-refractivity contribution in [3.8, 4) is 10.6 Å². The molecule has 2 aromatic heterocycles. The number of amides is 1. The van der Waals surface area contributed by atoms with E-state index in [0.717, 1.165) is 16.3 Å². The molecule has 7 heteroatoms. The van der Waals surface area contributed by atoms with Gasteiger partial charge in [0.15, 0.2) is 5.13 Å². The van der Waals surface area contributed by atoms with Crippen molar-refractivity contribution in [2.75, 3.05) is 11.1 Å². The first-order chi connectivity index (χ1) is 10.2. The highest BCUT2D eigenvalue weighted by molar-refractivity contribution is 7.13. The van der Waals surface area contributed by atoms with Gasteiger partial charge >= 0.3 is 0 Å². The lowest BCUT2D eigenvalue weighted by Gasteiger charge is -2.04. The van der Waals surface area contributed by atoms with Gasteiger partial charge in [0.25, 0.3) is 0 Å². The molecule has 0 bridgehead atoms. The van der Waals surface area contributed by atoms with E-state index in [1.165, 1.54) is 11.3 Å². The van der Waals surface area contributed by atoms with Crippen molar-refractivity contribution in [1.82, 2.24) is 9.97 Å². The summed E-state index contributed by atoms with van der Waals surface area (Å²) in [6.07, 6.45) is 2.00. The second kappa shape index (κ2) is 6.02. The van der Waals surface area contributed by atoms with Crippen LogP contribution < -0.4 is 11.1 Å². The number of nitrogens with one attached hydrogen (secondary N) is 1. The fraction of sp³-hybridized carbons (Fsp3) is 0.0714. The Kier molecular flexibility index (Phi) is 3.94. The third-order valence-corrected chi connectivity index (χ3v) is 4.30. The minimum Gasteiger partial charge on any atom is -0.375 e. The number of rotatable bonds is 4. The molecule has 0 spiro atoms. The van der Waals surface area contributed by atoms with Gasteiger partial charge in [0.1, 0.15) is 5.01 Å². The lowest BCUT2D eigenvalue weighted by atomic mass is 10.2. The Morgan fingerprint density at radius 3 is 2.67 bits per heavy atom. The lowest BCUT2D eigenvalue weighted by Crippen LogP contribution is -2.14. The van der Waals surface area contributed by atoms with Crippen LogP contribution in [0.15, 0.2) is 41.2 Å². The first-order valence-electron chi connectivity index (χ1n) is 6.20. The van der Waals surface area contributed by atoms with Crippen LogP contribution in [0.4, 0.5) is 10.8 Å². The number of benzene rings is 1. The van der Waals surface area contributed by atoms with Crippen molar-refractivity contribution >= 4 is 39.4 Å². The van der Waals surface area contributed by atoms with Crippen LogP contribution >= 0.6 is 22.7 Å². The normalized spacial score (nSPS) is 10.5. The van der Waals surface area contributed by atoms with Crippen molar-refractivity contribution in [1.29, 1.82) is 0 Å². The lowest BCUT2D eigenvalue weighted by molar-refractivity contribution is -0.115. The van der Waals surface area contributed by atoms with Gasteiger partial charge in [0, 0.05) is 28.2 Å². The molecule has 0 fully saturated rings. The Hall–Kier alpha value is -2.25. The van der Waals surface area contributed by atoms with E-state index in [4.69, 9.17) is 5.73 Å². The molecule has 106 valence electrons. The second-order valence-electron chi connectivity index (χ2n) is 4.32. The number of carbonyl (C=O) groups excluding carboxylic acids is 1. The van der Waals surface area contributed by atoms with Gasteiger partial charge < -0.3 is 11.1 Å². The molecule has 0 aliphatic rings. The summed E-state index contributed by atoms with van der Waals surface area (Å²) in [4.78, 5) is 20.2. The topological polar surface area (TPSA) is 80.9 Å². The summed E-state index contributed by atoms with van der Waals surface area (Å²) in [5.74, 6) is -0.109. The molecule has 0 atom stereocenters. The van der Waals surface area contributed by atoms with E-state index in [1.54, 1.807) is 22.9 Å². The standard InChI is InChI=1S/C14H12N4OS2/c15-14-18-11(8-21-14)7-12(19)17-10-3-1-9(2-4-10)13-16-5-6-20-13/h1-6,8H,7H2,(H2,15,18)(H,17,19). The molecule has 1 amide bonds. The maximum absolute atomic E-state index is 11.9. The number of anilines is 2. The number of hydrogen-bond donors (Lipinski definition) is 2. The Morgan fingerprint density at radius 1 is 1.24 bits per heavy atom. The molecule has 0 unspecified atom stereocenters. The molecular formula is C14H12N4OS2. The highest BCUT2D eigenvalue weighted by atomic mass is 32.1. The van der Waals surface area contributed by atoms with Gasteiger partial charge in [0.2, 0.25) is 5.91 Å². The van der Waals surface area contributed by atoms with Gasteiger partial charge in [-0.1, -0.05) is 0 Å². The molecule has 0 aliphatic heterocycles. The minimum absolute atomic E-state index is 0.109. The third kappa shape index (κ3) is 3.45. The number of thiazole rings is 2. The predicted octanol–water partition coefficient (Wildman–Crippen LogP) is 3.03. The molecule has 3 aromatic rings. The van der Waals surface area contributed by atoms with E-state index in [0.29, 0.717) is 10.8 Å². The van der Waals surface area contributed by atoms with E-state index < -0.39 is 0 Å².